The van der Waals surface area contributed by atoms with Crippen molar-refractivity contribution in [1.29, 1.82) is 0 Å². The molecule has 0 fully saturated rings. The van der Waals surface area contributed by atoms with Crippen LogP contribution < -0.4 is 16.0 Å². The molecule has 0 unspecified atom stereocenters. The van der Waals surface area contributed by atoms with E-state index in [9.17, 15) is 9.59 Å². The molecule has 5 aromatic rings. The zero-order valence-electron chi connectivity index (χ0n) is 17.3. The summed E-state index contributed by atoms with van der Waals surface area (Å²) in [4.78, 5) is 25.0. The number of halogens is 1. The Labute approximate surface area is 196 Å². The lowest BCUT2D eigenvalue weighted by molar-refractivity contribution is 0.363. The molecule has 33 heavy (non-hydrogen) atoms. The Morgan fingerprint density at radius 1 is 0.818 bits per heavy atom. The maximum Gasteiger partial charge on any atom is 0.344 e. The van der Waals surface area contributed by atoms with Crippen molar-refractivity contribution in [2.24, 2.45) is 0 Å². The molecule has 0 N–H and O–H groups in total. The summed E-state index contributed by atoms with van der Waals surface area (Å²) >= 11 is 3.43. The molecule has 0 saturated carbocycles. The first-order valence-electron chi connectivity index (χ1n) is 10.2. The molecule has 0 amide bonds. The van der Waals surface area contributed by atoms with E-state index in [1.54, 1.807) is 36.4 Å². The molecule has 162 valence electrons. The monoisotopic (exact) mass is 500 g/mol. The predicted octanol–water partition coefficient (Wildman–Crippen LogP) is 6.42. The van der Waals surface area contributed by atoms with E-state index in [2.05, 4.69) is 15.9 Å². The topological polar surface area (TPSA) is 69.7 Å². The molecule has 0 aliphatic heterocycles. The van der Waals surface area contributed by atoms with Crippen molar-refractivity contribution in [2.75, 3.05) is 6.61 Å². The molecule has 2 aromatic heterocycles. The van der Waals surface area contributed by atoms with Gasteiger partial charge in [0.1, 0.15) is 23.5 Å². The van der Waals surface area contributed by atoms with Crippen LogP contribution in [0.1, 0.15) is 5.56 Å². The highest BCUT2D eigenvalue weighted by molar-refractivity contribution is 9.10. The molecular weight excluding hydrogens is 484 g/mol. The summed E-state index contributed by atoms with van der Waals surface area (Å²) in [5.41, 5.74) is 1.53. The summed E-state index contributed by atoms with van der Waals surface area (Å²) in [6.45, 7) is 0.355. The van der Waals surface area contributed by atoms with Gasteiger partial charge in [0.2, 0.25) is 0 Å². The zero-order chi connectivity index (χ0) is 22.8. The van der Waals surface area contributed by atoms with Crippen molar-refractivity contribution in [3.05, 3.63) is 116 Å². The number of hydrogen-bond donors (Lipinski definition) is 0. The second-order valence-electron chi connectivity index (χ2n) is 7.39. The standard InChI is InChI=1S/C27H17BrO5/c28-19-8-11-24-18(13-19)14-23(27(30)33-24)22-16-26(29)32-25-15-20(9-10-21(22)25)31-12-4-7-17-5-2-1-3-6-17/h1-11,13-16H,12H2/b7-4+. The Bertz CT molecular complexity index is 1610. The summed E-state index contributed by atoms with van der Waals surface area (Å²) in [6.07, 6.45) is 3.88. The van der Waals surface area contributed by atoms with E-state index in [0.29, 0.717) is 34.5 Å². The quantitative estimate of drug-likeness (QED) is 0.260. The van der Waals surface area contributed by atoms with E-state index in [-0.39, 0.29) is 5.56 Å². The third-order valence-electron chi connectivity index (χ3n) is 5.16. The van der Waals surface area contributed by atoms with Crippen LogP contribution in [0.3, 0.4) is 0 Å². The predicted molar refractivity (Wildman–Crippen MR) is 133 cm³/mol. The van der Waals surface area contributed by atoms with Crippen LogP contribution >= 0.6 is 15.9 Å². The van der Waals surface area contributed by atoms with Crippen molar-refractivity contribution < 1.29 is 13.6 Å². The van der Waals surface area contributed by atoms with Gasteiger partial charge in [0, 0.05) is 32.9 Å². The fraction of sp³-hybridized carbons (Fsp3) is 0.0370. The molecule has 0 saturated heterocycles. The van der Waals surface area contributed by atoms with Crippen molar-refractivity contribution in [2.45, 2.75) is 0 Å². The van der Waals surface area contributed by atoms with Gasteiger partial charge in [0.15, 0.2) is 0 Å². The third kappa shape index (κ3) is 4.52. The molecule has 6 heteroatoms. The molecule has 0 aliphatic rings. The maximum absolute atomic E-state index is 12.7. The number of rotatable bonds is 5. The van der Waals surface area contributed by atoms with E-state index in [1.807, 2.05) is 48.6 Å². The maximum atomic E-state index is 12.7. The Morgan fingerprint density at radius 2 is 1.67 bits per heavy atom. The summed E-state index contributed by atoms with van der Waals surface area (Å²) in [7, 11) is 0. The van der Waals surface area contributed by atoms with Gasteiger partial charge in [-0.05, 0) is 48.0 Å². The van der Waals surface area contributed by atoms with Gasteiger partial charge in [-0.1, -0.05) is 52.3 Å². The molecule has 0 atom stereocenters. The fourth-order valence-electron chi connectivity index (χ4n) is 3.63. The molecule has 0 spiro atoms. The first kappa shape index (κ1) is 21.0. The SMILES string of the molecule is O=c1cc(-c2cc3cc(Br)ccc3oc2=O)c2ccc(OC/C=C/c3ccccc3)cc2o1. The van der Waals surface area contributed by atoms with Gasteiger partial charge >= 0.3 is 11.3 Å². The van der Waals surface area contributed by atoms with E-state index in [4.69, 9.17) is 13.6 Å². The Balaban J connectivity index is 1.49. The van der Waals surface area contributed by atoms with Gasteiger partial charge in [-0.15, -0.1) is 0 Å². The Kier molecular flexibility index (Phi) is 5.67. The fourth-order valence-corrected chi connectivity index (χ4v) is 4.01. The minimum Gasteiger partial charge on any atom is -0.489 e. The molecule has 3 aromatic carbocycles. The van der Waals surface area contributed by atoms with Crippen LogP contribution in [0, 0.1) is 0 Å². The van der Waals surface area contributed by atoms with Crippen LogP contribution in [0.2, 0.25) is 0 Å². The lowest BCUT2D eigenvalue weighted by Crippen LogP contribution is -2.06. The summed E-state index contributed by atoms with van der Waals surface area (Å²) < 4.78 is 17.5. The van der Waals surface area contributed by atoms with Gasteiger partial charge < -0.3 is 13.6 Å². The van der Waals surface area contributed by atoms with Crippen LogP contribution in [0.15, 0.2) is 108 Å². The van der Waals surface area contributed by atoms with Crippen molar-refractivity contribution >= 4 is 43.9 Å². The third-order valence-corrected chi connectivity index (χ3v) is 5.65. The van der Waals surface area contributed by atoms with Crippen LogP contribution in [0.25, 0.3) is 39.1 Å². The lowest BCUT2D eigenvalue weighted by atomic mass is 10.0. The average Bonchev–Trinajstić information content (AvgIpc) is 2.81. The highest BCUT2D eigenvalue weighted by Gasteiger charge is 2.14. The number of hydrogen-bond acceptors (Lipinski definition) is 5. The van der Waals surface area contributed by atoms with E-state index in [1.165, 1.54) is 6.07 Å². The van der Waals surface area contributed by atoms with Crippen molar-refractivity contribution in [3.63, 3.8) is 0 Å². The van der Waals surface area contributed by atoms with Crippen molar-refractivity contribution in [3.8, 4) is 16.9 Å². The number of fused-ring (bicyclic) bond motifs is 2. The molecule has 0 aliphatic carbocycles. The molecule has 2 heterocycles. The minimum absolute atomic E-state index is 0.290. The first-order valence-corrected chi connectivity index (χ1v) is 11.0. The van der Waals surface area contributed by atoms with Gasteiger partial charge in [0.05, 0.1) is 5.56 Å². The van der Waals surface area contributed by atoms with E-state index >= 15 is 0 Å². The largest absolute Gasteiger partial charge is 0.489 e. The summed E-state index contributed by atoms with van der Waals surface area (Å²) in [5.74, 6) is 0.551. The zero-order valence-corrected chi connectivity index (χ0v) is 18.9. The molecular formula is C27H17BrO5. The van der Waals surface area contributed by atoms with Crippen LogP contribution in [-0.2, 0) is 0 Å². The first-order chi connectivity index (χ1) is 16.1. The lowest BCUT2D eigenvalue weighted by Gasteiger charge is -2.08. The number of benzene rings is 3. The Morgan fingerprint density at radius 3 is 2.52 bits per heavy atom. The van der Waals surface area contributed by atoms with Gasteiger partial charge in [-0.2, -0.15) is 0 Å². The second kappa shape index (κ2) is 8.92. The molecule has 0 radical (unpaired) electrons. The second-order valence-corrected chi connectivity index (χ2v) is 8.31. The smallest absolute Gasteiger partial charge is 0.344 e. The van der Waals surface area contributed by atoms with E-state index < -0.39 is 11.3 Å². The highest BCUT2D eigenvalue weighted by atomic mass is 79.9. The van der Waals surface area contributed by atoms with Gasteiger partial charge in [0.25, 0.3) is 0 Å². The van der Waals surface area contributed by atoms with Crippen LogP contribution in [0.5, 0.6) is 5.75 Å². The van der Waals surface area contributed by atoms with Gasteiger partial charge in [-0.25, -0.2) is 9.59 Å². The van der Waals surface area contributed by atoms with E-state index in [0.717, 1.165) is 15.4 Å². The molecule has 0 bridgehead atoms. The summed E-state index contributed by atoms with van der Waals surface area (Å²) in [5, 5.41) is 1.36. The average molecular weight is 501 g/mol. The van der Waals surface area contributed by atoms with Gasteiger partial charge in [-0.3, -0.25) is 0 Å². The normalized spacial score (nSPS) is 11.4. The highest BCUT2D eigenvalue weighted by Crippen LogP contribution is 2.30. The van der Waals surface area contributed by atoms with Crippen LogP contribution in [-0.4, -0.2) is 6.61 Å². The van der Waals surface area contributed by atoms with Crippen molar-refractivity contribution in [1.82, 2.24) is 0 Å². The molecule has 5 nitrogen and oxygen atoms in total. The Hall–Kier alpha value is -3.90. The summed E-state index contributed by atoms with van der Waals surface area (Å²) in [6, 6.07) is 23.5. The molecule has 5 rings (SSSR count). The minimum atomic E-state index is -0.563. The van der Waals surface area contributed by atoms with Crippen LogP contribution in [0.4, 0.5) is 0 Å². The number of ether oxygens (including phenoxy) is 1.